The van der Waals surface area contributed by atoms with Crippen LogP contribution in [-0.4, -0.2) is 84.9 Å². The van der Waals surface area contributed by atoms with Crippen molar-refractivity contribution in [2.45, 2.75) is 141 Å². The Labute approximate surface area is 327 Å². The van der Waals surface area contributed by atoms with Gasteiger partial charge in [-0.3, -0.25) is 9.59 Å². The number of aliphatic hydroxyl groups is 1. The summed E-state index contributed by atoms with van der Waals surface area (Å²) in [4.78, 5) is 53.3. The number of benzene rings is 2. The van der Waals surface area contributed by atoms with E-state index < -0.39 is 74.7 Å². The van der Waals surface area contributed by atoms with Crippen molar-refractivity contribution in [2.75, 3.05) is 12.3 Å². The summed E-state index contributed by atoms with van der Waals surface area (Å²) >= 11 is 0. The summed E-state index contributed by atoms with van der Waals surface area (Å²) in [6.45, 7) is 8.61. The molecule has 1 aliphatic rings. The van der Waals surface area contributed by atoms with Crippen LogP contribution in [0.5, 0.6) is 0 Å². The topological polar surface area (TPSA) is 189 Å². The molecule has 306 valence electrons. The lowest BCUT2D eigenvalue weighted by atomic mass is 9.83. The number of aliphatic hydroxyl groups excluding tert-OH is 1. The Hall–Kier alpha value is -4.17. The van der Waals surface area contributed by atoms with E-state index in [9.17, 15) is 32.7 Å². The second-order valence-electron chi connectivity index (χ2n) is 15.7. The van der Waals surface area contributed by atoms with Gasteiger partial charge in [-0.1, -0.05) is 92.8 Å². The highest BCUT2D eigenvalue weighted by molar-refractivity contribution is 7.92. The molecule has 5 N–H and O–H groups in total. The van der Waals surface area contributed by atoms with Gasteiger partial charge in [-0.05, 0) is 77.3 Å². The summed E-state index contributed by atoms with van der Waals surface area (Å²) in [6, 6.07) is 15.3. The van der Waals surface area contributed by atoms with Crippen molar-refractivity contribution >= 4 is 33.8 Å². The molecule has 13 nitrogen and oxygen atoms in total. The predicted molar refractivity (Wildman–Crippen MR) is 212 cm³/mol. The summed E-state index contributed by atoms with van der Waals surface area (Å²) in [5, 5.41) is 21.7. The molecule has 1 saturated carbocycles. The molecule has 0 spiro atoms. The van der Waals surface area contributed by atoms with E-state index in [1.807, 2.05) is 60.7 Å². The van der Waals surface area contributed by atoms with Crippen LogP contribution in [0.2, 0.25) is 0 Å². The van der Waals surface area contributed by atoms with Crippen LogP contribution in [0.4, 0.5) is 9.59 Å². The average Bonchev–Trinajstić information content (AvgIpc) is 3.13. The number of sulfone groups is 1. The van der Waals surface area contributed by atoms with Crippen LogP contribution >= 0.6 is 0 Å². The lowest BCUT2D eigenvalue weighted by molar-refractivity contribution is -0.131. The van der Waals surface area contributed by atoms with Gasteiger partial charge in [0.2, 0.25) is 11.8 Å². The Morgan fingerprint density at radius 3 is 2.00 bits per heavy atom. The molecule has 55 heavy (non-hydrogen) atoms. The van der Waals surface area contributed by atoms with Crippen LogP contribution in [0.1, 0.15) is 104 Å². The first kappa shape index (κ1) is 45.2. The molecule has 0 bridgehead atoms. The Balaban J connectivity index is 1.78. The van der Waals surface area contributed by atoms with Crippen molar-refractivity contribution < 1.29 is 42.2 Å². The summed E-state index contributed by atoms with van der Waals surface area (Å²) < 4.78 is 36.4. The number of rotatable bonds is 20. The van der Waals surface area contributed by atoms with Gasteiger partial charge in [-0.2, -0.15) is 0 Å². The lowest BCUT2D eigenvalue weighted by Crippen LogP contribution is -2.57. The lowest BCUT2D eigenvalue weighted by Gasteiger charge is -2.32. The number of unbranched alkanes of at least 4 members (excludes halogenated alkanes) is 1. The third-order valence-electron chi connectivity index (χ3n) is 9.55. The Kier molecular flexibility index (Phi) is 18.4. The molecule has 3 rings (SSSR count). The second-order valence-corrected chi connectivity index (χ2v) is 18.3. The van der Waals surface area contributed by atoms with Crippen molar-refractivity contribution in [3.05, 3.63) is 71.8 Å². The largest absolute Gasteiger partial charge is 0.445 e. The van der Waals surface area contributed by atoms with Crippen molar-refractivity contribution in [3.8, 4) is 0 Å². The molecule has 0 radical (unpaired) electrons. The number of hydrogen-bond donors (Lipinski definition) is 5. The van der Waals surface area contributed by atoms with Crippen LogP contribution < -0.4 is 21.3 Å². The molecule has 0 heterocycles. The van der Waals surface area contributed by atoms with Crippen molar-refractivity contribution in [3.63, 3.8) is 0 Å². The molecular formula is C41H62N4O9S. The van der Waals surface area contributed by atoms with Gasteiger partial charge in [-0.25, -0.2) is 18.0 Å². The van der Waals surface area contributed by atoms with Gasteiger partial charge in [0.05, 0.1) is 23.1 Å². The van der Waals surface area contributed by atoms with Gasteiger partial charge in [0.15, 0.2) is 9.84 Å². The molecule has 2 aromatic carbocycles. The molecule has 1 aliphatic carbocycles. The summed E-state index contributed by atoms with van der Waals surface area (Å²) in [7, 11) is -3.64. The van der Waals surface area contributed by atoms with Crippen LogP contribution in [0.15, 0.2) is 60.7 Å². The van der Waals surface area contributed by atoms with Crippen LogP contribution in [-0.2, 0) is 41.9 Å². The Bertz CT molecular complexity index is 1590. The first-order valence-corrected chi connectivity index (χ1v) is 21.2. The average molecular weight is 787 g/mol. The van der Waals surface area contributed by atoms with E-state index >= 15 is 0 Å². The minimum absolute atomic E-state index is 0.116. The predicted octanol–water partition coefficient (Wildman–Crippen LogP) is 5.34. The molecule has 2 aromatic rings. The number of carbonyl (C=O) groups is 4. The number of hydrogen-bond acceptors (Lipinski definition) is 9. The summed E-state index contributed by atoms with van der Waals surface area (Å²) in [5.41, 5.74) is 0.800. The Morgan fingerprint density at radius 1 is 0.800 bits per heavy atom. The SMILES string of the molecule is CC(C)S(=O)(=O)C[C@H](O)[C@H](CC1CCCCC1)NC(=O)[C@H](CCCCNC(=O)OCc1ccccc1)NC(=O)[C@H](Cc1ccccc1)NC(=O)OC(C)(C)C. The normalized spacial score (nSPS) is 15.9. The first-order chi connectivity index (χ1) is 26.0. The molecule has 0 saturated heterocycles. The molecule has 14 heteroatoms. The van der Waals surface area contributed by atoms with E-state index in [0.717, 1.165) is 43.2 Å². The number of amides is 4. The number of alkyl carbamates (subject to hydrolysis) is 2. The van der Waals surface area contributed by atoms with Gasteiger partial charge in [0, 0.05) is 13.0 Å². The highest BCUT2D eigenvalue weighted by Crippen LogP contribution is 2.28. The zero-order chi connectivity index (χ0) is 40.4. The van der Waals surface area contributed by atoms with Gasteiger partial charge >= 0.3 is 12.2 Å². The van der Waals surface area contributed by atoms with Gasteiger partial charge in [0.1, 0.15) is 24.3 Å². The zero-order valence-electron chi connectivity index (χ0n) is 33.1. The van der Waals surface area contributed by atoms with E-state index in [1.54, 1.807) is 34.6 Å². The Morgan fingerprint density at radius 2 is 1.40 bits per heavy atom. The maximum atomic E-state index is 14.1. The molecule has 0 aromatic heterocycles. The van der Waals surface area contributed by atoms with Crippen molar-refractivity contribution in [2.24, 2.45) is 5.92 Å². The highest BCUT2D eigenvalue weighted by atomic mass is 32.2. The number of ether oxygens (including phenoxy) is 2. The van der Waals surface area contributed by atoms with E-state index in [0.29, 0.717) is 19.3 Å². The maximum Gasteiger partial charge on any atom is 0.408 e. The van der Waals surface area contributed by atoms with Gasteiger partial charge < -0.3 is 35.8 Å². The fourth-order valence-corrected chi connectivity index (χ4v) is 7.51. The van der Waals surface area contributed by atoms with E-state index in [4.69, 9.17) is 9.47 Å². The molecule has 1 fully saturated rings. The first-order valence-electron chi connectivity index (χ1n) is 19.5. The third-order valence-corrected chi connectivity index (χ3v) is 11.8. The van der Waals surface area contributed by atoms with Crippen LogP contribution in [0, 0.1) is 5.92 Å². The molecule has 4 atom stereocenters. The van der Waals surface area contributed by atoms with Gasteiger partial charge in [-0.15, -0.1) is 0 Å². The van der Waals surface area contributed by atoms with Crippen molar-refractivity contribution in [1.82, 2.24) is 21.3 Å². The molecule has 0 unspecified atom stereocenters. The number of nitrogens with one attached hydrogen (secondary N) is 4. The summed E-state index contributed by atoms with van der Waals surface area (Å²) in [6.07, 6.45) is 3.74. The monoisotopic (exact) mass is 786 g/mol. The maximum absolute atomic E-state index is 14.1. The van der Waals surface area contributed by atoms with E-state index in [2.05, 4.69) is 21.3 Å². The fraction of sp³-hybridized carbons (Fsp3) is 0.610. The molecule has 0 aliphatic heterocycles. The minimum atomic E-state index is -3.64. The zero-order valence-corrected chi connectivity index (χ0v) is 33.9. The molecular weight excluding hydrogens is 725 g/mol. The quantitative estimate of drug-likeness (QED) is 0.110. The van der Waals surface area contributed by atoms with Gasteiger partial charge in [0.25, 0.3) is 0 Å². The van der Waals surface area contributed by atoms with E-state index in [-0.39, 0.29) is 31.9 Å². The van der Waals surface area contributed by atoms with Crippen LogP contribution in [0.3, 0.4) is 0 Å². The third kappa shape index (κ3) is 17.4. The summed E-state index contributed by atoms with van der Waals surface area (Å²) in [5.74, 6) is -1.51. The highest BCUT2D eigenvalue weighted by Gasteiger charge is 2.34. The van der Waals surface area contributed by atoms with Crippen LogP contribution in [0.25, 0.3) is 0 Å². The smallest absolute Gasteiger partial charge is 0.408 e. The standard InChI is InChI=1S/C41H62N4O9S/c1-29(2)55(51,52)28-36(46)34(25-30-17-9-6-10-18-30)44-37(47)33(23-15-16-24-42-39(49)53-27-32-21-13-8-14-22-32)43-38(48)35(26-31-19-11-7-12-20-31)45-40(50)54-41(3,4)5/h7-8,11-14,19-22,29-30,33-36,46H,6,9-10,15-18,23-28H2,1-5H3,(H,42,49)(H,43,48)(H,44,47)(H,45,50)/t33-,34-,35-,36-/m0/s1. The number of carbonyl (C=O) groups excluding carboxylic acids is 4. The fourth-order valence-electron chi connectivity index (χ4n) is 6.41. The second kappa shape index (κ2) is 22.4. The minimum Gasteiger partial charge on any atom is -0.445 e. The van der Waals surface area contributed by atoms with Crippen molar-refractivity contribution in [1.29, 1.82) is 0 Å². The van der Waals surface area contributed by atoms with E-state index in [1.165, 1.54) is 0 Å². The molecule has 4 amide bonds.